The van der Waals surface area contributed by atoms with E-state index in [1.165, 1.54) is 0 Å². The average Bonchev–Trinajstić information content (AvgIpc) is 2.39. The van der Waals surface area contributed by atoms with E-state index < -0.39 is 0 Å². The Morgan fingerprint density at radius 3 is 2.33 bits per heavy atom. The minimum atomic E-state index is -0.365. The zero-order chi connectivity index (χ0) is 15.2. The molecule has 1 atom stereocenters. The lowest BCUT2D eigenvalue weighted by Crippen LogP contribution is -2.52. The zero-order valence-electron chi connectivity index (χ0n) is 13.3. The van der Waals surface area contributed by atoms with Gasteiger partial charge in [0.2, 0.25) is 0 Å². The molecule has 0 aliphatic carbocycles. The van der Waals surface area contributed by atoms with Gasteiger partial charge in [0.05, 0.1) is 6.61 Å². The summed E-state index contributed by atoms with van der Waals surface area (Å²) < 4.78 is 5.05. The third kappa shape index (κ3) is 6.46. The second-order valence-electron chi connectivity index (χ2n) is 5.95. The predicted molar refractivity (Wildman–Crippen MR) is 88.8 cm³/mol. The average molecular weight is 315 g/mol. The molecule has 1 rings (SSSR count). The maximum Gasteiger partial charge on any atom is 0.251 e. The van der Waals surface area contributed by atoms with Crippen LogP contribution >= 0.6 is 12.4 Å². The summed E-state index contributed by atoms with van der Waals surface area (Å²) in [7, 11) is 1.65. The molecule has 0 radical (unpaired) electrons. The number of ether oxygens (including phenoxy) is 1. The van der Waals surface area contributed by atoms with Gasteiger partial charge < -0.3 is 15.8 Å². The molecule has 1 aromatic carbocycles. The first kappa shape index (κ1) is 19.9. The van der Waals surface area contributed by atoms with Crippen LogP contribution in [0.3, 0.4) is 0 Å². The van der Waals surface area contributed by atoms with Crippen LogP contribution in [0.5, 0.6) is 0 Å². The Labute approximate surface area is 133 Å². The number of rotatable bonds is 7. The smallest absolute Gasteiger partial charge is 0.251 e. The number of benzene rings is 1. The minimum Gasteiger partial charge on any atom is -0.380 e. The third-order valence-electron chi connectivity index (χ3n) is 3.25. The molecule has 0 aliphatic rings. The van der Waals surface area contributed by atoms with Crippen molar-refractivity contribution in [2.45, 2.75) is 39.3 Å². The van der Waals surface area contributed by atoms with E-state index in [1.807, 2.05) is 31.2 Å². The summed E-state index contributed by atoms with van der Waals surface area (Å²) in [6, 6.07) is 7.44. The molecule has 0 saturated heterocycles. The SMILES string of the molecule is COCc1ccc(C(=O)NC(C)(CN)CC(C)C)cc1.Cl. The summed E-state index contributed by atoms with van der Waals surface area (Å²) in [6.45, 7) is 7.22. The Bertz CT molecular complexity index is 434. The number of carbonyl (C=O) groups is 1. The first-order valence-electron chi connectivity index (χ1n) is 7.00. The van der Waals surface area contributed by atoms with Crippen molar-refractivity contribution in [2.75, 3.05) is 13.7 Å². The molecule has 1 amide bonds. The monoisotopic (exact) mass is 314 g/mol. The largest absolute Gasteiger partial charge is 0.380 e. The highest BCUT2D eigenvalue weighted by Gasteiger charge is 2.26. The summed E-state index contributed by atoms with van der Waals surface area (Å²) in [4.78, 5) is 12.3. The van der Waals surface area contributed by atoms with Gasteiger partial charge in [-0.05, 0) is 37.0 Å². The molecule has 0 aliphatic heterocycles. The van der Waals surface area contributed by atoms with Crippen LogP contribution in [0.15, 0.2) is 24.3 Å². The summed E-state index contributed by atoms with van der Waals surface area (Å²) in [5, 5.41) is 3.05. The number of amides is 1. The number of hydrogen-bond acceptors (Lipinski definition) is 3. The molecule has 0 spiro atoms. The van der Waals surface area contributed by atoms with Crippen molar-refractivity contribution in [1.29, 1.82) is 0 Å². The number of halogens is 1. The zero-order valence-corrected chi connectivity index (χ0v) is 14.1. The van der Waals surface area contributed by atoms with E-state index in [9.17, 15) is 4.79 Å². The number of methoxy groups -OCH3 is 1. The Balaban J connectivity index is 0.00000400. The Kier molecular flexibility index (Phi) is 8.55. The second kappa shape index (κ2) is 9.03. The molecule has 0 fully saturated rings. The quantitative estimate of drug-likeness (QED) is 0.813. The van der Waals surface area contributed by atoms with E-state index in [-0.39, 0.29) is 23.9 Å². The first-order chi connectivity index (χ1) is 9.40. The van der Waals surface area contributed by atoms with Gasteiger partial charge in [-0.25, -0.2) is 0 Å². The number of nitrogens with two attached hydrogens (primary N) is 1. The van der Waals surface area contributed by atoms with E-state index in [4.69, 9.17) is 10.5 Å². The van der Waals surface area contributed by atoms with Crippen molar-refractivity contribution < 1.29 is 9.53 Å². The molecule has 5 heteroatoms. The molecule has 0 aromatic heterocycles. The summed E-state index contributed by atoms with van der Waals surface area (Å²) in [5.74, 6) is 0.399. The molecule has 21 heavy (non-hydrogen) atoms. The van der Waals surface area contributed by atoms with Crippen molar-refractivity contribution in [3.05, 3.63) is 35.4 Å². The van der Waals surface area contributed by atoms with Crippen molar-refractivity contribution in [3.63, 3.8) is 0 Å². The molecule has 1 unspecified atom stereocenters. The fraction of sp³-hybridized carbons (Fsp3) is 0.562. The van der Waals surface area contributed by atoms with Gasteiger partial charge in [0.1, 0.15) is 0 Å². The van der Waals surface area contributed by atoms with Crippen LogP contribution in [0, 0.1) is 5.92 Å². The van der Waals surface area contributed by atoms with E-state index in [0.717, 1.165) is 12.0 Å². The predicted octanol–water partition coefficient (Wildman–Crippen LogP) is 2.75. The van der Waals surface area contributed by atoms with Crippen LogP contribution in [-0.2, 0) is 11.3 Å². The van der Waals surface area contributed by atoms with Crippen LogP contribution in [0.4, 0.5) is 0 Å². The fourth-order valence-electron chi connectivity index (χ4n) is 2.35. The fourth-order valence-corrected chi connectivity index (χ4v) is 2.35. The molecule has 0 heterocycles. The van der Waals surface area contributed by atoms with Crippen LogP contribution < -0.4 is 11.1 Å². The maximum absolute atomic E-state index is 12.3. The van der Waals surface area contributed by atoms with Crippen LogP contribution in [0.2, 0.25) is 0 Å². The first-order valence-corrected chi connectivity index (χ1v) is 7.00. The molecular weight excluding hydrogens is 288 g/mol. The number of nitrogens with one attached hydrogen (secondary N) is 1. The van der Waals surface area contributed by atoms with Gasteiger partial charge in [0, 0.05) is 24.8 Å². The summed E-state index contributed by atoms with van der Waals surface area (Å²) >= 11 is 0. The molecule has 0 bridgehead atoms. The lowest BCUT2D eigenvalue weighted by Gasteiger charge is -2.31. The summed E-state index contributed by atoms with van der Waals surface area (Å²) in [6.07, 6.45) is 0.858. The molecule has 4 nitrogen and oxygen atoms in total. The Hall–Kier alpha value is -1.10. The normalized spacial score (nSPS) is 13.4. The number of carbonyl (C=O) groups excluding carboxylic acids is 1. The Morgan fingerprint density at radius 2 is 1.90 bits per heavy atom. The lowest BCUT2D eigenvalue weighted by molar-refractivity contribution is 0.0898. The van der Waals surface area contributed by atoms with Crippen molar-refractivity contribution in [1.82, 2.24) is 5.32 Å². The molecular formula is C16H27ClN2O2. The van der Waals surface area contributed by atoms with Gasteiger partial charge in [-0.3, -0.25) is 4.79 Å². The van der Waals surface area contributed by atoms with Crippen LogP contribution in [0.1, 0.15) is 43.1 Å². The highest BCUT2D eigenvalue weighted by atomic mass is 35.5. The third-order valence-corrected chi connectivity index (χ3v) is 3.25. The second-order valence-corrected chi connectivity index (χ2v) is 5.95. The lowest BCUT2D eigenvalue weighted by atomic mass is 9.90. The van der Waals surface area contributed by atoms with Gasteiger partial charge in [0.25, 0.3) is 5.91 Å². The molecule has 3 N–H and O–H groups in total. The molecule has 0 saturated carbocycles. The molecule has 120 valence electrons. The van der Waals surface area contributed by atoms with Crippen molar-refractivity contribution in [2.24, 2.45) is 11.7 Å². The highest BCUT2D eigenvalue weighted by Crippen LogP contribution is 2.16. The Morgan fingerprint density at radius 1 is 1.33 bits per heavy atom. The van der Waals surface area contributed by atoms with Gasteiger partial charge in [-0.15, -0.1) is 12.4 Å². The van der Waals surface area contributed by atoms with Gasteiger partial charge in [-0.2, -0.15) is 0 Å². The standard InChI is InChI=1S/C16H26N2O2.ClH/c1-12(2)9-16(3,11-17)18-15(19)14-7-5-13(6-8-14)10-20-4;/h5-8,12H,9-11,17H2,1-4H3,(H,18,19);1H. The summed E-state index contributed by atoms with van der Waals surface area (Å²) in [5.41, 5.74) is 7.14. The van der Waals surface area contributed by atoms with Gasteiger partial charge in [0.15, 0.2) is 0 Å². The minimum absolute atomic E-state index is 0. The maximum atomic E-state index is 12.3. The van der Waals surface area contributed by atoms with Crippen LogP contribution in [0.25, 0.3) is 0 Å². The topological polar surface area (TPSA) is 64.3 Å². The van der Waals surface area contributed by atoms with Gasteiger partial charge in [-0.1, -0.05) is 26.0 Å². The molecule has 1 aromatic rings. The van der Waals surface area contributed by atoms with Gasteiger partial charge >= 0.3 is 0 Å². The van der Waals surface area contributed by atoms with Crippen molar-refractivity contribution >= 4 is 18.3 Å². The highest BCUT2D eigenvalue weighted by molar-refractivity contribution is 5.94. The van der Waals surface area contributed by atoms with E-state index in [2.05, 4.69) is 19.2 Å². The van der Waals surface area contributed by atoms with E-state index >= 15 is 0 Å². The van der Waals surface area contributed by atoms with Crippen LogP contribution in [-0.4, -0.2) is 25.1 Å². The van der Waals surface area contributed by atoms with E-state index in [0.29, 0.717) is 24.6 Å². The van der Waals surface area contributed by atoms with Crippen molar-refractivity contribution in [3.8, 4) is 0 Å². The number of hydrogen-bond donors (Lipinski definition) is 2. The van der Waals surface area contributed by atoms with E-state index in [1.54, 1.807) is 7.11 Å².